The zero-order valence-electron chi connectivity index (χ0n) is 18.3. The third-order valence-corrected chi connectivity index (χ3v) is 7.93. The second-order valence-electron chi connectivity index (χ2n) is 10.2. The van der Waals surface area contributed by atoms with Crippen molar-refractivity contribution in [2.24, 2.45) is 16.5 Å². The van der Waals surface area contributed by atoms with E-state index < -0.39 is 0 Å². The normalized spacial score (nSPS) is 33.7. The molecule has 0 bridgehead atoms. The van der Waals surface area contributed by atoms with Crippen LogP contribution in [0.1, 0.15) is 88.8 Å². The van der Waals surface area contributed by atoms with Gasteiger partial charge in [-0.15, -0.1) is 0 Å². The Kier molecular flexibility index (Phi) is 5.57. The van der Waals surface area contributed by atoms with Crippen molar-refractivity contribution in [2.75, 3.05) is 13.1 Å². The van der Waals surface area contributed by atoms with Crippen molar-refractivity contribution in [1.29, 1.82) is 0 Å². The molecule has 2 aliphatic carbocycles. The van der Waals surface area contributed by atoms with Crippen LogP contribution in [0.3, 0.4) is 0 Å². The fourth-order valence-electron chi connectivity index (χ4n) is 6.21. The van der Waals surface area contributed by atoms with Gasteiger partial charge in [0.05, 0.1) is 0 Å². The van der Waals surface area contributed by atoms with Crippen LogP contribution in [0.4, 0.5) is 0 Å². The average Bonchev–Trinajstić information content (AvgIpc) is 2.68. The molecule has 0 aromatic heterocycles. The number of rotatable bonds is 4. The molecule has 1 saturated heterocycles. The maximum absolute atomic E-state index is 5.90. The summed E-state index contributed by atoms with van der Waals surface area (Å²) in [6.07, 6.45) is 10.9. The summed E-state index contributed by atoms with van der Waals surface area (Å²) in [5.74, 6) is 1.25. The lowest BCUT2D eigenvalue weighted by Gasteiger charge is -2.54. The molecule has 0 spiro atoms. The second kappa shape index (κ2) is 7.82. The van der Waals surface area contributed by atoms with Gasteiger partial charge in [-0.2, -0.15) is 0 Å². The van der Waals surface area contributed by atoms with Crippen molar-refractivity contribution in [2.45, 2.75) is 90.1 Å². The van der Waals surface area contributed by atoms with Crippen molar-refractivity contribution in [1.82, 2.24) is 5.32 Å². The van der Waals surface area contributed by atoms with Crippen LogP contribution >= 0.6 is 0 Å². The molecular weight excluding hydrogens is 344 g/mol. The van der Waals surface area contributed by atoms with Gasteiger partial charge in [-0.3, -0.25) is 0 Å². The molecule has 0 amide bonds. The fraction of sp³-hybridized carbons (Fsp3) is 0.720. The molecule has 3 heteroatoms. The lowest BCUT2D eigenvalue weighted by molar-refractivity contribution is 0.0309. The van der Waals surface area contributed by atoms with E-state index in [0.29, 0.717) is 11.8 Å². The molecule has 1 aliphatic heterocycles. The van der Waals surface area contributed by atoms with Crippen LogP contribution in [0.25, 0.3) is 0 Å². The highest BCUT2D eigenvalue weighted by atomic mass is 16.6. The lowest BCUT2D eigenvalue weighted by atomic mass is 9.50. The summed E-state index contributed by atoms with van der Waals surface area (Å²) in [6.45, 7) is 11.6. The number of fused-ring (bicyclic) bond motifs is 3. The topological polar surface area (TPSA) is 33.6 Å². The Bertz CT molecular complexity index is 721. The van der Waals surface area contributed by atoms with E-state index in [0.717, 1.165) is 25.9 Å². The van der Waals surface area contributed by atoms with Crippen LogP contribution in [0, 0.1) is 11.3 Å². The number of benzene rings is 1. The van der Waals surface area contributed by atoms with Crippen LogP contribution in [0.5, 0.6) is 0 Å². The first-order chi connectivity index (χ1) is 13.4. The lowest BCUT2D eigenvalue weighted by Crippen LogP contribution is -2.49. The van der Waals surface area contributed by atoms with E-state index >= 15 is 0 Å². The second-order valence-corrected chi connectivity index (χ2v) is 10.2. The molecule has 1 unspecified atom stereocenters. The summed E-state index contributed by atoms with van der Waals surface area (Å²) < 4.78 is 0. The van der Waals surface area contributed by atoms with Crippen LogP contribution in [-0.2, 0) is 16.7 Å². The molecule has 2 fully saturated rings. The highest BCUT2D eigenvalue weighted by Crippen LogP contribution is 2.56. The molecule has 1 aromatic rings. The number of hydrogen-bond donors (Lipinski definition) is 1. The maximum Gasteiger partial charge on any atom is 0.130 e. The molecule has 1 heterocycles. The molecule has 0 radical (unpaired) electrons. The summed E-state index contributed by atoms with van der Waals surface area (Å²) >= 11 is 0. The van der Waals surface area contributed by atoms with Gasteiger partial charge in [0.2, 0.25) is 0 Å². The van der Waals surface area contributed by atoms with E-state index in [9.17, 15) is 0 Å². The minimum atomic E-state index is 0.133. The molecule has 1 saturated carbocycles. The molecule has 4 rings (SSSR count). The van der Waals surface area contributed by atoms with Gasteiger partial charge in [-0.25, -0.2) is 0 Å². The largest absolute Gasteiger partial charge is 0.393 e. The summed E-state index contributed by atoms with van der Waals surface area (Å²) in [7, 11) is 0. The minimum Gasteiger partial charge on any atom is -0.393 e. The first-order valence-corrected chi connectivity index (χ1v) is 11.5. The minimum absolute atomic E-state index is 0.133. The molecular formula is C25H38N2O. The standard InChI is InChI=1S/C25H38N2O/c1-18(2)19-6-8-22-20(16-19)7-9-23-24(3,12-5-13-25(22,23)4)17-27-28-21-10-14-26-15-11-21/h6,8,16-18,21,23,26H,5,7,9-15H2,1-4H3/t23?,24-,25-/m1/s1. The third kappa shape index (κ3) is 3.63. The Morgan fingerprint density at radius 2 is 1.93 bits per heavy atom. The monoisotopic (exact) mass is 382 g/mol. The predicted molar refractivity (Wildman–Crippen MR) is 117 cm³/mol. The van der Waals surface area contributed by atoms with E-state index in [2.05, 4.69) is 62.6 Å². The summed E-state index contributed by atoms with van der Waals surface area (Å²) in [6, 6.07) is 7.31. The van der Waals surface area contributed by atoms with Gasteiger partial charge in [-0.05, 0) is 85.6 Å². The molecule has 1 aromatic carbocycles. The van der Waals surface area contributed by atoms with Crippen LogP contribution in [-0.4, -0.2) is 25.4 Å². The van der Waals surface area contributed by atoms with Crippen LogP contribution in [0.2, 0.25) is 0 Å². The first kappa shape index (κ1) is 19.9. The quantitative estimate of drug-likeness (QED) is 0.545. The average molecular weight is 383 g/mol. The fourth-order valence-corrected chi connectivity index (χ4v) is 6.21. The van der Waals surface area contributed by atoms with Gasteiger partial charge in [0.15, 0.2) is 0 Å². The predicted octanol–water partition coefficient (Wildman–Crippen LogP) is 5.57. The van der Waals surface area contributed by atoms with E-state index in [1.165, 1.54) is 37.7 Å². The molecule has 1 N–H and O–H groups in total. The van der Waals surface area contributed by atoms with Crippen LogP contribution < -0.4 is 5.32 Å². The SMILES string of the molecule is CC(C)c1ccc2c(c1)CCC1[C@@](C)(C=NOC3CCNCC3)CCC[C@]21C. The third-order valence-electron chi connectivity index (χ3n) is 7.93. The van der Waals surface area contributed by atoms with Gasteiger partial charge in [0.1, 0.15) is 6.10 Å². The highest BCUT2D eigenvalue weighted by molar-refractivity contribution is 5.66. The number of hydrogen-bond acceptors (Lipinski definition) is 3. The number of piperidine rings is 1. The molecule has 28 heavy (non-hydrogen) atoms. The maximum atomic E-state index is 5.90. The van der Waals surface area contributed by atoms with Gasteiger partial charge >= 0.3 is 0 Å². The van der Waals surface area contributed by atoms with E-state index in [4.69, 9.17) is 4.84 Å². The Morgan fingerprint density at radius 3 is 2.68 bits per heavy atom. The van der Waals surface area contributed by atoms with Crippen molar-refractivity contribution in [3.05, 3.63) is 34.9 Å². The van der Waals surface area contributed by atoms with Gasteiger partial charge in [0, 0.05) is 11.6 Å². The van der Waals surface area contributed by atoms with E-state index in [-0.39, 0.29) is 16.9 Å². The number of oxime groups is 1. The number of nitrogens with one attached hydrogen (secondary N) is 1. The van der Waals surface area contributed by atoms with Crippen molar-refractivity contribution < 1.29 is 4.84 Å². The number of aryl methyl sites for hydroxylation is 1. The van der Waals surface area contributed by atoms with Crippen molar-refractivity contribution >= 4 is 6.21 Å². The zero-order valence-corrected chi connectivity index (χ0v) is 18.3. The highest BCUT2D eigenvalue weighted by Gasteiger charge is 2.51. The van der Waals surface area contributed by atoms with Gasteiger partial charge in [0.25, 0.3) is 0 Å². The Balaban J connectivity index is 1.56. The summed E-state index contributed by atoms with van der Waals surface area (Å²) in [5.41, 5.74) is 5.07. The van der Waals surface area contributed by atoms with Crippen LogP contribution in [0.15, 0.2) is 23.4 Å². The summed E-state index contributed by atoms with van der Waals surface area (Å²) in [4.78, 5) is 5.90. The summed E-state index contributed by atoms with van der Waals surface area (Å²) in [5, 5.41) is 7.95. The Morgan fingerprint density at radius 1 is 1.14 bits per heavy atom. The molecule has 3 nitrogen and oxygen atoms in total. The Labute approximate surface area is 171 Å². The van der Waals surface area contributed by atoms with E-state index in [1.54, 1.807) is 11.1 Å². The first-order valence-electron chi connectivity index (χ1n) is 11.5. The molecule has 3 atom stereocenters. The Hall–Kier alpha value is -1.35. The molecule has 3 aliphatic rings. The van der Waals surface area contributed by atoms with Gasteiger partial charge in [-0.1, -0.05) is 57.5 Å². The number of nitrogens with zero attached hydrogens (tertiary/aromatic N) is 1. The molecule has 154 valence electrons. The van der Waals surface area contributed by atoms with E-state index in [1.807, 2.05) is 0 Å². The van der Waals surface area contributed by atoms with Crippen molar-refractivity contribution in [3.63, 3.8) is 0 Å². The zero-order chi connectivity index (χ0) is 19.8. The van der Waals surface area contributed by atoms with Gasteiger partial charge < -0.3 is 10.2 Å². The smallest absolute Gasteiger partial charge is 0.130 e. The van der Waals surface area contributed by atoms with Crippen molar-refractivity contribution in [3.8, 4) is 0 Å².